The highest BCUT2D eigenvalue weighted by atomic mass is 16.2. The molecule has 118 valence electrons. The Morgan fingerprint density at radius 3 is 2.55 bits per heavy atom. The predicted octanol–water partition coefficient (Wildman–Crippen LogP) is 1.84. The quantitative estimate of drug-likeness (QED) is 0.782. The van der Waals surface area contributed by atoms with Crippen molar-refractivity contribution in [3.8, 4) is 0 Å². The minimum Gasteiger partial charge on any atom is -0.352 e. The first-order valence-electron chi connectivity index (χ1n) is 8.00. The minimum absolute atomic E-state index is 0.0931. The molecule has 0 aromatic rings. The molecule has 1 amide bonds. The molecule has 0 spiro atoms. The maximum absolute atomic E-state index is 12.5. The molecule has 4 unspecified atom stereocenters. The van der Waals surface area contributed by atoms with Crippen LogP contribution < -0.4 is 11.1 Å². The van der Waals surface area contributed by atoms with Crippen LogP contribution in [-0.4, -0.2) is 43.5 Å². The summed E-state index contributed by atoms with van der Waals surface area (Å²) in [4.78, 5) is 14.7. The number of nitrogens with one attached hydrogen (secondary N) is 1. The Hall–Kier alpha value is -0.610. The zero-order valence-electron chi connectivity index (χ0n) is 13.9. The summed E-state index contributed by atoms with van der Waals surface area (Å²) in [6.07, 6.45) is 3.99. The van der Waals surface area contributed by atoms with Gasteiger partial charge in [0.25, 0.3) is 0 Å². The molecule has 1 aliphatic rings. The lowest BCUT2D eigenvalue weighted by Gasteiger charge is -2.33. The van der Waals surface area contributed by atoms with Crippen LogP contribution in [-0.2, 0) is 4.79 Å². The molecule has 3 N–H and O–H groups in total. The standard InChI is InChI=1S/C16H33N3O/c1-11(2)8-14(10-19(4)5)18-16(20)15-9-13(17)7-6-12(15)3/h11-15H,6-10,17H2,1-5H3,(H,18,20). The van der Waals surface area contributed by atoms with Crippen molar-refractivity contribution in [3.63, 3.8) is 0 Å². The number of carbonyl (C=O) groups is 1. The first-order chi connectivity index (χ1) is 9.29. The van der Waals surface area contributed by atoms with Crippen molar-refractivity contribution in [1.82, 2.24) is 10.2 Å². The molecule has 0 radical (unpaired) electrons. The van der Waals surface area contributed by atoms with Crippen molar-refractivity contribution in [2.24, 2.45) is 23.5 Å². The third-order valence-corrected chi connectivity index (χ3v) is 4.26. The average Bonchev–Trinajstić information content (AvgIpc) is 2.30. The van der Waals surface area contributed by atoms with Crippen LogP contribution in [0.25, 0.3) is 0 Å². The van der Waals surface area contributed by atoms with Gasteiger partial charge < -0.3 is 16.0 Å². The molecule has 0 bridgehead atoms. The Morgan fingerprint density at radius 1 is 1.35 bits per heavy atom. The van der Waals surface area contributed by atoms with Crippen LogP contribution in [0.5, 0.6) is 0 Å². The summed E-state index contributed by atoms with van der Waals surface area (Å²) in [5.41, 5.74) is 6.03. The van der Waals surface area contributed by atoms with E-state index >= 15 is 0 Å². The molecule has 1 fully saturated rings. The van der Waals surface area contributed by atoms with E-state index < -0.39 is 0 Å². The van der Waals surface area contributed by atoms with Crippen LogP contribution in [0.3, 0.4) is 0 Å². The normalized spacial score (nSPS) is 28.7. The SMILES string of the molecule is CC(C)CC(CN(C)C)NC(=O)C1CC(N)CCC1C. The van der Waals surface area contributed by atoms with Crippen molar-refractivity contribution in [2.45, 2.75) is 58.5 Å². The van der Waals surface area contributed by atoms with Gasteiger partial charge in [-0.3, -0.25) is 4.79 Å². The molecule has 0 heterocycles. The first-order valence-corrected chi connectivity index (χ1v) is 8.00. The van der Waals surface area contributed by atoms with Gasteiger partial charge in [-0.15, -0.1) is 0 Å². The van der Waals surface area contributed by atoms with E-state index in [0.29, 0.717) is 11.8 Å². The number of hydrogen-bond acceptors (Lipinski definition) is 3. The summed E-state index contributed by atoms with van der Waals surface area (Å²) in [6, 6.07) is 0.433. The monoisotopic (exact) mass is 283 g/mol. The minimum atomic E-state index is 0.0931. The summed E-state index contributed by atoms with van der Waals surface area (Å²) < 4.78 is 0. The fourth-order valence-electron chi connectivity index (χ4n) is 3.22. The highest BCUT2D eigenvalue weighted by molar-refractivity contribution is 5.79. The summed E-state index contributed by atoms with van der Waals surface area (Å²) in [6.45, 7) is 7.48. The first kappa shape index (κ1) is 17.4. The average molecular weight is 283 g/mol. The second-order valence-corrected chi connectivity index (χ2v) is 7.25. The second kappa shape index (κ2) is 7.99. The molecular weight excluding hydrogens is 250 g/mol. The number of nitrogens with zero attached hydrogens (tertiary/aromatic N) is 1. The number of rotatable bonds is 6. The molecule has 4 nitrogen and oxygen atoms in total. The second-order valence-electron chi connectivity index (χ2n) is 7.25. The lowest BCUT2D eigenvalue weighted by atomic mass is 9.77. The van der Waals surface area contributed by atoms with Crippen LogP contribution >= 0.6 is 0 Å². The van der Waals surface area contributed by atoms with Gasteiger partial charge in [0.15, 0.2) is 0 Å². The van der Waals surface area contributed by atoms with Gasteiger partial charge >= 0.3 is 0 Å². The highest BCUT2D eigenvalue weighted by Gasteiger charge is 2.32. The zero-order valence-corrected chi connectivity index (χ0v) is 13.9. The Balaban J connectivity index is 2.59. The number of likely N-dealkylation sites (N-methyl/N-ethyl adjacent to an activating group) is 1. The van der Waals surface area contributed by atoms with E-state index in [0.717, 1.165) is 32.2 Å². The van der Waals surface area contributed by atoms with Crippen molar-refractivity contribution < 1.29 is 4.79 Å². The summed E-state index contributed by atoms with van der Waals surface area (Å²) in [5, 5.41) is 3.26. The molecule has 0 aliphatic heterocycles. The van der Waals surface area contributed by atoms with E-state index in [9.17, 15) is 4.79 Å². The molecule has 0 aromatic heterocycles. The largest absolute Gasteiger partial charge is 0.352 e. The molecule has 20 heavy (non-hydrogen) atoms. The van der Waals surface area contributed by atoms with Gasteiger partial charge in [0.05, 0.1) is 0 Å². The van der Waals surface area contributed by atoms with Crippen LogP contribution in [0.4, 0.5) is 0 Å². The third kappa shape index (κ3) is 5.80. The fraction of sp³-hybridized carbons (Fsp3) is 0.938. The molecule has 4 atom stereocenters. The molecule has 4 heteroatoms. The van der Waals surface area contributed by atoms with Crippen molar-refractivity contribution >= 4 is 5.91 Å². The van der Waals surface area contributed by atoms with Crippen LogP contribution in [0.2, 0.25) is 0 Å². The van der Waals surface area contributed by atoms with E-state index in [-0.39, 0.29) is 23.9 Å². The van der Waals surface area contributed by atoms with Gasteiger partial charge in [-0.2, -0.15) is 0 Å². The van der Waals surface area contributed by atoms with E-state index in [1.54, 1.807) is 0 Å². The van der Waals surface area contributed by atoms with Crippen molar-refractivity contribution in [3.05, 3.63) is 0 Å². The third-order valence-electron chi connectivity index (χ3n) is 4.26. The van der Waals surface area contributed by atoms with E-state index in [1.165, 1.54) is 0 Å². The van der Waals surface area contributed by atoms with Gasteiger partial charge in [0.1, 0.15) is 0 Å². The highest BCUT2D eigenvalue weighted by Crippen LogP contribution is 2.29. The van der Waals surface area contributed by atoms with E-state index in [2.05, 4.69) is 45.1 Å². The van der Waals surface area contributed by atoms with Crippen LogP contribution in [0.1, 0.15) is 46.5 Å². The van der Waals surface area contributed by atoms with Crippen LogP contribution in [0, 0.1) is 17.8 Å². The lowest BCUT2D eigenvalue weighted by molar-refractivity contribution is -0.128. The molecule has 0 aromatic carbocycles. The molecule has 1 rings (SSSR count). The molecule has 1 saturated carbocycles. The van der Waals surface area contributed by atoms with Gasteiger partial charge in [-0.1, -0.05) is 20.8 Å². The molecular formula is C16H33N3O. The van der Waals surface area contributed by atoms with Gasteiger partial charge in [-0.05, 0) is 51.6 Å². The summed E-state index contributed by atoms with van der Waals surface area (Å²) >= 11 is 0. The Bertz CT molecular complexity index is 294. The Kier molecular flexibility index (Phi) is 6.96. The maximum Gasteiger partial charge on any atom is 0.223 e. The number of nitrogens with two attached hydrogens (primary N) is 1. The molecule has 1 aliphatic carbocycles. The number of hydrogen-bond donors (Lipinski definition) is 2. The predicted molar refractivity (Wildman–Crippen MR) is 84.4 cm³/mol. The number of amides is 1. The fourth-order valence-corrected chi connectivity index (χ4v) is 3.22. The Labute approximate surface area is 124 Å². The molecule has 0 saturated heterocycles. The van der Waals surface area contributed by atoms with Crippen LogP contribution in [0.15, 0.2) is 0 Å². The van der Waals surface area contributed by atoms with Crippen molar-refractivity contribution in [1.29, 1.82) is 0 Å². The van der Waals surface area contributed by atoms with E-state index in [4.69, 9.17) is 5.73 Å². The number of carbonyl (C=O) groups excluding carboxylic acids is 1. The van der Waals surface area contributed by atoms with Crippen molar-refractivity contribution in [2.75, 3.05) is 20.6 Å². The van der Waals surface area contributed by atoms with E-state index in [1.807, 2.05) is 0 Å². The smallest absolute Gasteiger partial charge is 0.223 e. The van der Waals surface area contributed by atoms with Gasteiger partial charge in [0, 0.05) is 24.5 Å². The van der Waals surface area contributed by atoms with Gasteiger partial charge in [0.2, 0.25) is 5.91 Å². The topological polar surface area (TPSA) is 58.4 Å². The summed E-state index contributed by atoms with van der Waals surface area (Å²) in [7, 11) is 4.11. The summed E-state index contributed by atoms with van der Waals surface area (Å²) in [5.74, 6) is 1.34. The zero-order chi connectivity index (χ0) is 15.3. The maximum atomic E-state index is 12.5. The Morgan fingerprint density at radius 2 is 2.00 bits per heavy atom. The lowest BCUT2D eigenvalue weighted by Crippen LogP contribution is -2.48. The van der Waals surface area contributed by atoms with Gasteiger partial charge in [-0.25, -0.2) is 0 Å².